The molecule has 0 unspecified atom stereocenters. The van der Waals surface area contributed by atoms with Crippen molar-refractivity contribution in [2.45, 2.75) is 69.9 Å². The Balaban J connectivity index is 1.69. The van der Waals surface area contributed by atoms with Crippen LogP contribution in [0.15, 0.2) is 18.2 Å². The first-order valence-corrected chi connectivity index (χ1v) is 9.86. The van der Waals surface area contributed by atoms with Gasteiger partial charge >= 0.3 is 0 Å². The van der Waals surface area contributed by atoms with E-state index in [1.807, 2.05) is 6.07 Å². The molecule has 0 spiro atoms. The molecule has 3 nitrogen and oxygen atoms in total. The summed E-state index contributed by atoms with van der Waals surface area (Å²) >= 11 is 0. The molecule has 3 heteroatoms. The zero-order valence-electron chi connectivity index (χ0n) is 15.1. The molecule has 1 N–H and O–H groups in total. The van der Waals surface area contributed by atoms with E-state index < -0.39 is 0 Å². The molecular weight excluding hydrogens is 298 g/mol. The second-order valence-corrected chi connectivity index (χ2v) is 8.02. The van der Waals surface area contributed by atoms with Gasteiger partial charge < -0.3 is 9.84 Å². The summed E-state index contributed by atoms with van der Waals surface area (Å²) in [5.41, 5.74) is 3.14. The summed E-state index contributed by atoms with van der Waals surface area (Å²) in [5.74, 6) is 1.11. The number of aromatic hydroxyl groups is 1. The van der Waals surface area contributed by atoms with Crippen LogP contribution < -0.4 is 0 Å². The number of piperidine rings is 1. The highest BCUT2D eigenvalue weighted by atomic mass is 16.5. The van der Waals surface area contributed by atoms with Gasteiger partial charge in [0.2, 0.25) is 0 Å². The molecule has 4 rings (SSSR count). The van der Waals surface area contributed by atoms with Crippen molar-refractivity contribution in [1.29, 1.82) is 0 Å². The van der Waals surface area contributed by atoms with Crippen LogP contribution >= 0.6 is 0 Å². The van der Waals surface area contributed by atoms with Crippen molar-refractivity contribution < 1.29 is 9.84 Å². The Labute approximate surface area is 146 Å². The fourth-order valence-electron chi connectivity index (χ4n) is 5.92. The van der Waals surface area contributed by atoms with E-state index in [1.165, 1.54) is 49.8 Å². The number of benzene rings is 1. The Hall–Kier alpha value is -1.06. The van der Waals surface area contributed by atoms with Crippen LogP contribution in [0.4, 0.5) is 0 Å². The van der Waals surface area contributed by atoms with Gasteiger partial charge in [0.05, 0.1) is 6.10 Å². The summed E-state index contributed by atoms with van der Waals surface area (Å²) in [7, 11) is 0. The first kappa shape index (κ1) is 16.4. The average Bonchev–Trinajstić information content (AvgIpc) is 3.10. The van der Waals surface area contributed by atoms with Crippen molar-refractivity contribution in [1.82, 2.24) is 4.90 Å². The highest BCUT2D eigenvalue weighted by Gasteiger charge is 2.51. The van der Waals surface area contributed by atoms with Crippen molar-refractivity contribution >= 4 is 0 Å². The van der Waals surface area contributed by atoms with E-state index in [0.717, 1.165) is 19.6 Å². The van der Waals surface area contributed by atoms with Crippen LogP contribution in [0, 0.1) is 5.92 Å². The lowest BCUT2D eigenvalue weighted by atomic mass is 9.55. The monoisotopic (exact) mass is 329 g/mol. The lowest BCUT2D eigenvalue weighted by molar-refractivity contribution is -0.0207. The third-order valence-corrected chi connectivity index (χ3v) is 7.08. The minimum atomic E-state index is 0.249. The molecule has 0 aromatic heterocycles. The fourth-order valence-corrected chi connectivity index (χ4v) is 5.92. The molecule has 2 heterocycles. The van der Waals surface area contributed by atoms with Crippen LogP contribution in [-0.4, -0.2) is 41.8 Å². The van der Waals surface area contributed by atoms with Gasteiger partial charge in [0.15, 0.2) is 0 Å². The molecule has 4 atom stereocenters. The van der Waals surface area contributed by atoms with Crippen LogP contribution in [0.2, 0.25) is 0 Å². The molecular formula is C21H31NO2. The maximum atomic E-state index is 10.1. The molecule has 1 aromatic carbocycles. The predicted molar refractivity (Wildman–Crippen MR) is 96.5 cm³/mol. The molecule has 1 aromatic rings. The van der Waals surface area contributed by atoms with Gasteiger partial charge in [0.1, 0.15) is 5.75 Å². The van der Waals surface area contributed by atoms with Gasteiger partial charge in [0, 0.05) is 24.6 Å². The van der Waals surface area contributed by atoms with Crippen LogP contribution in [-0.2, 0) is 16.6 Å². The summed E-state index contributed by atoms with van der Waals surface area (Å²) in [6.07, 6.45) is 7.62. The average molecular weight is 329 g/mol. The molecule has 24 heavy (non-hydrogen) atoms. The second-order valence-electron chi connectivity index (χ2n) is 8.02. The highest BCUT2D eigenvalue weighted by Crippen LogP contribution is 2.52. The number of phenols is 1. The number of ether oxygens (including phenoxy) is 1. The largest absolute Gasteiger partial charge is 0.508 e. The van der Waals surface area contributed by atoms with Gasteiger partial charge in [-0.25, -0.2) is 0 Å². The number of hydrogen-bond acceptors (Lipinski definition) is 3. The Bertz CT molecular complexity index is 596. The molecule has 2 saturated heterocycles. The van der Waals surface area contributed by atoms with Crippen molar-refractivity contribution in [3.05, 3.63) is 29.3 Å². The predicted octanol–water partition coefficient (Wildman–Crippen LogP) is 3.88. The summed E-state index contributed by atoms with van der Waals surface area (Å²) in [4.78, 5) is 2.73. The van der Waals surface area contributed by atoms with Gasteiger partial charge in [0.25, 0.3) is 0 Å². The molecule has 1 aliphatic carbocycles. The standard InChI is InChI=1S/C21H31NO2/c1-3-18-20-12-15-7-8-16(23)13-19(15)21(18,4-2)9-10-22(20)14-17-6-5-11-24-17/h7-8,13,17-18,20,23H,3-6,9-12,14H2,1-2H3/t17-,18+,20-,21-/m1/s1. The molecule has 2 aliphatic heterocycles. The zero-order valence-corrected chi connectivity index (χ0v) is 15.1. The summed E-state index contributed by atoms with van der Waals surface area (Å²) in [6.45, 7) is 7.92. The topological polar surface area (TPSA) is 32.7 Å². The van der Waals surface area contributed by atoms with E-state index in [0.29, 0.717) is 23.8 Å². The Morgan fingerprint density at radius 3 is 2.92 bits per heavy atom. The molecule has 0 amide bonds. The van der Waals surface area contributed by atoms with Crippen LogP contribution in [0.1, 0.15) is 57.1 Å². The highest BCUT2D eigenvalue weighted by molar-refractivity contribution is 5.44. The molecule has 0 saturated carbocycles. The van der Waals surface area contributed by atoms with E-state index in [9.17, 15) is 5.11 Å². The van der Waals surface area contributed by atoms with E-state index in [-0.39, 0.29) is 5.41 Å². The van der Waals surface area contributed by atoms with Crippen LogP contribution in [0.5, 0.6) is 5.75 Å². The van der Waals surface area contributed by atoms with Crippen molar-refractivity contribution in [3.63, 3.8) is 0 Å². The maximum Gasteiger partial charge on any atom is 0.115 e. The Morgan fingerprint density at radius 1 is 1.33 bits per heavy atom. The summed E-state index contributed by atoms with van der Waals surface area (Å²) < 4.78 is 5.92. The van der Waals surface area contributed by atoms with Gasteiger partial charge in [-0.3, -0.25) is 4.90 Å². The number of rotatable bonds is 4. The first-order valence-electron chi connectivity index (χ1n) is 9.86. The summed E-state index contributed by atoms with van der Waals surface area (Å²) in [6, 6.07) is 6.73. The van der Waals surface area contributed by atoms with Crippen molar-refractivity contribution in [2.75, 3.05) is 19.7 Å². The number of phenolic OH excluding ortho intramolecular Hbond substituents is 1. The van der Waals surface area contributed by atoms with E-state index in [2.05, 4.69) is 30.9 Å². The van der Waals surface area contributed by atoms with Gasteiger partial charge in [-0.05, 0) is 67.8 Å². The van der Waals surface area contributed by atoms with Crippen molar-refractivity contribution in [2.24, 2.45) is 5.92 Å². The molecule has 2 fully saturated rings. The third kappa shape index (κ3) is 2.48. The minimum Gasteiger partial charge on any atom is -0.508 e. The molecule has 2 bridgehead atoms. The second kappa shape index (κ2) is 6.34. The van der Waals surface area contributed by atoms with Gasteiger partial charge in [-0.2, -0.15) is 0 Å². The van der Waals surface area contributed by atoms with Crippen LogP contribution in [0.25, 0.3) is 0 Å². The lowest BCUT2D eigenvalue weighted by Crippen LogP contribution is -2.60. The van der Waals surface area contributed by atoms with E-state index >= 15 is 0 Å². The lowest BCUT2D eigenvalue weighted by Gasteiger charge is -2.57. The van der Waals surface area contributed by atoms with E-state index in [4.69, 9.17) is 4.74 Å². The number of likely N-dealkylation sites (tertiary alicyclic amines) is 1. The smallest absolute Gasteiger partial charge is 0.115 e. The van der Waals surface area contributed by atoms with Crippen LogP contribution in [0.3, 0.4) is 0 Å². The Morgan fingerprint density at radius 2 is 2.21 bits per heavy atom. The van der Waals surface area contributed by atoms with Gasteiger partial charge in [-0.1, -0.05) is 26.3 Å². The number of nitrogens with zero attached hydrogens (tertiary/aromatic N) is 1. The maximum absolute atomic E-state index is 10.1. The number of fused-ring (bicyclic) bond motifs is 4. The molecule has 0 radical (unpaired) electrons. The SMILES string of the molecule is CC[C@H]1[C@H]2Cc3ccc(O)cc3[C@]1(CC)CCN2C[C@H]1CCCO1. The summed E-state index contributed by atoms with van der Waals surface area (Å²) in [5, 5.41) is 10.1. The Kier molecular flexibility index (Phi) is 4.34. The first-order chi connectivity index (χ1) is 11.7. The van der Waals surface area contributed by atoms with E-state index in [1.54, 1.807) is 0 Å². The zero-order chi connectivity index (χ0) is 16.7. The molecule has 132 valence electrons. The fraction of sp³-hybridized carbons (Fsp3) is 0.714. The van der Waals surface area contributed by atoms with Gasteiger partial charge in [-0.15, -0.1) is 0 Å². The minimum absolute atomic E-state index is 0.249. The third-order valence-electron chi connectivity index (χ3n) is 7.08. The molecule has 3 aliphatic rings. The number of hydrogen-bond donors (Lipinski definition) is 1. The quantitative estimate of drug-likeness (QED) is 0.910. The van der Waals surface area contributed by atoms with Crippen molar-refractivity contribution in [3.8, 4) is 5.75 Å². The normalized spacial score (nSPS) is 35.8.